The Morgan fingerprint density at radius 1 is 1.09 bits per heavy atom. The van der Waals surface area contributed by atoms with Crippen LogP contribution in [0.4, 0.5) is 10.7 Å². The van der Waals surface area contributed by atoms with Crippen molar-refractivity contribution in [2.24, 2.45) is 0 Å². The lowest BCUT2D eigenvalue weighted by Gasteiger charge is -2.21. The number of likely N-dealkylation sites (tertiary alicyclic amines) is 1. The fourth-order valence-electron chi connectivity index (χ4n) is 4.75. The van der Waals surface area contributed by atoms with Gasteiger partial charge in [0, 0.05) is 59.0 Å². The topological polar surface area (TPSA) is 144 Å². The van der Waals surface area contributed by atoms with E-state index in [9.17, 15) is 9.59 Å². The number of hydrogen-bond donors (Lipinski definition) is 2. The molecule has 1 unspecified atom stereocenters. The minimum Gasteiger partial charge on any atom is -0.472 e. The van der Waals surface area contributed by atoms with Crippen LogP contribution < -0.4 is 15.4 Å². The van der Waals surface area contributed by atoms with E-state index < -0.39 is 11.7 Å². The maximum atomic E-state index is 12.8. The van der Waals surface area contributed by atoms with E-state index in [-0.39, 0.29) is 18.6 Å². The number of nitrogens with one attached hydrogen (secondary N) is 2. The average molecular weight is 619 g/mol. The third-order valence-corrected chi connectivity index (χ3v) is 7.05. The summed E-state index contributed by atoms with van der Waals surface area (Å²) in [5.41, 5.74) is 3.54. The third kappa shape index (κ3) is 7.49. The highest BCUT2D eigenvalue weighted by atomic mass is 35.5. The predicted molar refractivity (Wildman–Crippen MR) is 168 cm³/mol. The summed E-state index contributed by atoms with van der Waals surface area (Å²) in [7, 11) is 0. The minimum absolute atomic E-state index is 0.168. The molecular weight excluding hydrogens is 584 g/mol. The molecule has 0 spiro atoms. The van der Waals surface area contributed by atoms with Gasteiger partial charge in [-0.3, -0.25) is 9.78 Å². The molecule has 0 aliphatic carbocycles. The van der Waals surface area contributed by atoms with Gasteiger partial charge < -0.3 is 25.0 Å². The van der Waals surface area contributed by atoms with Gasteiger partial charge in [-0.2, -0.15) is 9.97 Å². The molecule has 0 saturated carbocycles. The normalized spacial score (nSPS) is 14.9. The van der Waals surface area contributed by atoms with Crippen LogP contribution in [0.15, 0.2) is 42.9 Å². The number of aromatic nitrogens is 5. The lowest BCUT2D eigenvalue weighted by atomic mass is 10.0. The number of rotatable bonds is 8. The first-order chi connectivity index (χ1) is 21.0. The molecule has 5 rings (SSSR count). The Morgan fingerprint density at radius 2 is 1.91 bits per heavy atom. The third-order valence-electron chi connectivity index (χ3n) is 6.74. The monoisotopic (exact) mass is 618 g/mol. The number of amides is 2. The summed E-state index contributed by atoms with van der Waals surface area (Å²) in [6, 6.07) is 7.57. The number of alkyl carbamates (subject to hydrolysis) is 1. The number of nitrogens with zero attached hydrogens (tertiary/aromatic N) is 6. The molecule has 1 fully saturated rings. The van der Waals surface area contributed by atoms with Gasteiger partial charge in [-0.05, 0) is 46.8 Å². The minimum atomic E-state index is -0.652. The molecular formula is C31H35ClN8O4. The molecule has 0 radical (unpaired) electrons. The molecule has 1 aromatic carbocycles. The van der Waals surface area contributed by atoms with Gasteiger partial charge >= 0.3 is 6.09 Å². The van der Waals surface area contributed by atoms with Gasteiger partial charge in [0.2, 0.25) is 17.7 Å². The molecule has 4 heterocycles. The second-order valence-electron chi connectivity index (χ2n) is 11.4. The van der Waals surface area contributed by atoms with Crippen LogP contribution in [0.25, 0.3) is 33.4 Å². The van der Waals surface area contributed by atoms with Crippen molar-refractivity contribution in [2.75, 3.05) is 31.5 Å². The number of fused-ring (bicyclic) bond motifs is 1. The zero-order chi connectivity index (χ0) is 31.4. The Bertz CT molecular complexity index is 1690. The molecule has 230 valence electrons. The van der Waals surface area contributed by atoms with E-state index in [1.807, 2.05) is 38.1 Å². The molecule has 13 heteroatoms. The Kier molecular flexibility index (Phi) is 9.09. The van der Waals surface area contributed by atoms with E-state index in [1.165, 1.54) is 0 Å². The maximum Gasteiger partial charge on any atom is 0.408 e. The van der Waals surface area contributed by atoms with E-state index in [4.69, 9.17) is 26.1 Å². The largest absolute Gasteiger partial charge is 0.472 e. The van der Waals surface area contributed by atoms with Crippen LogP contribution >= 0.6 is 11.6 Å². The molecule has 2 amide bonds. The van der Waals surface area contributed by atoms with Crippen LogP contribution in [0.2, 0.25) is 5.02 Å². The highest BCUT2D eigenvalue weighted by molar-refractivity contribution is 6.33. The van der Waals surface area contributed by atoms with Crippen molar-refractivity contribution in [3.63, 3.8) is 0 Å². The van der Waals surface area contributed by atoms with Gasteiger partial charge in [-0.25, -0.2) is 14.8 Å². The summed E-state index contributed by atoms with van der Waals surface area (Å²) < 4.78 is 11.7. The SMILES string of the molecule is CCNc1ncc2cc(-c3ccc(-c4cncc(C)n4)cc3Cl)c(OC3CCN(C(=O)CNC(=O)OC(C)(C)C)C3)nc2n1. The first-order valence-corrected chi connectivity index (χ1v) is 14.8. The fraction of sp³-hybridized carbons (Fsp3) is 0.387. The number of carbonyl (C=O) groups is 2. The van der Waals surface area contributed by atoms with Gasteiger partial charge in [-0.15, -0.1) is 0 Å². The number of benzene rings is 1. The molecule has 1 atom stereocenters. The molecule has 2 N–H and O–H groups in total. The lowest BCUT2D eigenvalue weighted by Crippen LogP contribution is -2.41. The number of ether oxygens (including phenoxy) is 2. The summed E-state index contributed by atoms with van der Waals surface area (Å²) in [4.78, 5) is 49.0. The summed E-state index contributed by atoms with van der Waals surface area (Å²) in [6.45, 7) is 10.4. The zero-order valence-electron chi connectivity index (χ0n) is 25.3. The number of aryl methyl sites for hydroxylation is 1. The Labute approximate surface area is 260 Å². The van der Waals surface area contributed by atoms with Crippen molar-refractivity contribution >= 4 is 40.6 Å². The Balaban J connectivity index is 1.40. The maximum absolute atomic E-state index is 12.8. The van der Waals surface area contributed by atoms with Gasteiger partial charge in [-0.1, -0.05) is 23.7 Å². The first-order valence-electron chi connectivity index (χ1n) is 14.4. The van der Waals surface area contributed by atoms with Gasteiger partial charge in [0.25, 0.3) is 0 Å². The molecule has 0 bridgehead atoms. The number of anilines is 1. The molecule has 1 aliphatic heterocycles. The average Bonchev–Trinajstić information content (AvgIpc) is 3.43. The van der Waals surface area contributed by atoms with Crippen LogP contribution in [-0.4, -0.2) is 79.7 Å². The van der Waals surface area contributed by atoms with E-state index in [2.05, 4.69) is 30.6 Å². The Hall–Kier alpha value is -4.58. The van der Waals surface area contributed by atoms with Crippen LogP contribution in [0, 0.1) is 6.92 Å². The van der Waals surface area contributed by atoms with Gasteiger partial charge in [0.15, 0.2) is 5.65 Å². The van der Waals surface area contributed by atoms with Crippen molar-refractivity contribution in [1.29, 1.82) is 0 Å². The van der Waals surface area contributed by atoms with Crippen LogP contribution in [0.5, 0.6) is 5.88 Å². The quantitative estimate of drug-likeness (QED) is 0.275. The summed E-state index contributed by atoms with van der Waals surface area (Å²) in [6.07, 6.45) is 4.71. The van der Waals surface area contributed by atoms with Crippen LogP contribution in [0.3, 0.4) is 0 Å². The van der Waals surface area contributed by atoms with Crippen molar-refractivity contribution in [3.8, 4) is 28.3 Å². The van der Waals surface area contributed by atoms with E-state index in [0.29, 0.717) is 65.4 Å². The fourth-order valence-corrected chi connectivity index (χ4v) is 5.03. The van der Waals surface area contributed by atoms with Crippen LogP contribution in [0.1, 0.15) is 39.8 Å². The molecule has 1 aliphatic rings. The highest BCUT2D eigenvalue weighted by Gasteiger charge is 2.30. The zero-order valence-corrected chi connectivity index (χ0v) is 26.1. The molecule has 3 aromatic heterocycles. The number of carbonyl (C=O) groups excluding carboxylic acids is 2. The second-order valence-corrected chi connectivity index (χ2v) is 11.8. The molecule has 1 saturated heterocycles. The Morgan fingerprint density at radius 3 is 2.64 bits per heavy atom. The molecule has 12 nitrogen and oxygen atoms in total. The number of pyridine rings is 1. The number of hydrogen-bond acceptors (Lipinski definition) is 10. The molecule has 4 aromatic rings. The standard InChI is InChI=1S/C31H35ClN8O4/c1-6-34-29-35-14-20-11-23(22-8-7-19(12-24(22)32)25-15-33-13-18(2)37-25)28(38-27(20)39-29)43-21-9-10-40(17-21)26(41)16-36-30(42)44-31(3,4)5/h7-8,11-15,21H,6,9-10,16-17H2,1-5H3,(H,36,42)(H,34,35,38,39). The van der Waals surface area contributed by atoms with E-state index in [0.717, 1.165) is 16.6 Å². The predicted octanol–water partition coefficient (Wildman–Crippen LogP) is 5.05. The summed E-state index contributed by atoms with van der Waals surface area (Å²) >= 11 is 6.85. The lowest BCUT2D eigenvalue weighted by molar-refractivity contribution is -0.129. The van der Waals surface area contributed by atoms with Crippen molar-refractivity contribution in [3.05, 3.63) is 53.6 Å². The van der Waals surface area contributed by atoms with E-state index >= 15 is 0 Å². The second kappa shape index (κ2) is 13.0. The van der Waals surface area contributed by atoms with Crippen molar-refractivity contribution in [1.82, 2.24) is 35.1 Å². The summed E-state index contributed by atoms with van der Waals surface area (Å²) in [5.74, 6) is 0.576. The van der Waals surface area contributed by atoms with Crippen molar-refractivity contribution in [2.45, 2.75) is 52.7 Å². The number of halogens is 1. The van der Waals surface area contributed by atoms with Gasteiger partial charge in [0.05, 0.1) is 24.1 Å². The smallest absolute Gasteiger partial charge is 0.408 e. The van der Waals surface area contributed by atoms with E-state index in [1.54, 1.807) is 44.3 Å². The highest BCUT2D eigenvalue weighted by Crippen LogP contribution is 2.38. The van der Waals surface area contributed by atoms with Crippen molar-refractivity contribution < 1.29 is 19.1 Å². The first kappa shape index (κ1) is 30.9. The summed E-state index contributed by atoms with van der Waals surface area (Å²) in [5, 5.41) is 6.83. The molecule has 44 heavy (non-hydrogen) atoms. The van der Waals surface area contributed by atoms with Crippen LogP contribution in [-0.2, 0) is 9.53 Å². The van der Waals surface area contributed by atoms with Gasteiger partial charge in [0.1, 0.15) is 18.2 Å².